The second-order valence-electron chi connectivity index (χ2n) is 6.02. The fourth-order valence-electron chi connectivity index (χ4n) is 2.52. The smallest absolute Gasteiger partial charge is 0.410 e. The molecule has 0 saturated heterocycles. The van der Waals surface area contributed by atoms with Crippen molar-refractivity contribution >= 4 is 11.8 Å². The number of amides is 1. The van der Waals surface area contributed by atoms with Gasteiger partial charge in [0.05, 0.1) is 6.04 Å². The first kappa shape index (κ1) is 13.7. The van der Waals surface area contributed by atoms with Crippen molar-refractivity contribution in [3.8, 4) is 0 Å². The SMILES string of the molecule is CC1c2c(N)cccc2CCN1C(=O)OC(C)(C)C. The van der Waals surface area contributed by atoms with Gasteiger partial charge in [-0.15, -0.1) is 0 Å². The van der Waals surface area contributed by atoms with Crippen molar-refractivity contribution < 1.29 is 9.53 Å². The monoisotopic (exact) mass is 262 g/mol. The summed E-state index contributed by atoms with van der Waals surface area (Å²) in [5.74, 6) is 0. The Hall–Kier alpha value is -1.71. The first-order chi connectivity index (χ1) is 8.79. The summed E-state index contributed by atoms with van der Waals surface area (Å²) in [6.45, 7) is 8.30. The van der Waals surface area contributed by atoms with Gasteiger partial charge < -0.3 is 15.4 Å². The summed E-state index contributed by atoms with van der Waals surface area (Å²) < 4.78 is 5.45. The fraction of sp³-hybridized carbons (Fsp3) is 0.533. The Morgan fingerprint density at radius 1 is 1.42 bits per heavy atom. The average Bonchev–Trinajstić information content (AvgIpc) is 2.26. The van der Waals surface area contributed by atoms with E-state index in [1.807, 2.05) is 39.8 Å². The standard InChI is InChI=1S/C15H22N2O2/c1-10-13-11(6-5-7-12(13)16)8-9-17(10)14(18)19-15(2,3)4/h5-7,10H,8-9,16H2,1-4H3. The first-order valence-electron chi connectivity index (χ1n) is 6.66. The molecule has 1 atom stereocenters. The molecule has 0 fully saturated rings. The van der Waals surface area contributed by atoms with Crippen molar-refractivity contribution in [3.63, 3.8) is 0 Å². The van der Waals surface area contributed by atoms with Crippen LogP contribution in [0.25, 0.3) is 0 Å². The number of benzene rings is 1. The summed E-state index contributed by atoms with van der Waals surface area (Å²) in [7, 11) is 0. The van der Waals surface area contributed by atoms with Crippen LogP contribution in [-0.4, -0.2) is 23.1 Å². The molecule has 1 aromatic carbocycles. The molecule has 1 aliphatic heterocycles. The molecular weight excluding hydrogens is 240 g/mol. The van der Waals surface area contributed by atoms with Crippen LogP contribution in [-0.2, 0) is 11.2 Å². The van der Waals surface area contributed by atoms with Gasteiger partial charge in [-0.05, 0) is 45.7 Å². The molecule has 2 N–H and O–H groups in total. The number of rotatable bonds is 0. The molecule has 1 amide bonds. The third-order valence-corrected chi connectivity index (χ3v) is 3.37. The Balaban J connectivity index is 2.24. The summed E-state index contributed by atoms with van der Waals surface area (Å²) >= 11 is 0. The quantitative estimate of drug-likeness (QED) is 0.731. The number of hydrogen-bond acceptors (Lipinski definition) is 3. The lowest BCUT2D eigenvalue weighted by molar-refractivity contribution is 0.0160. The molecule has 0 spiro atoms. The molecule has 0 aliphatic carbocycles. The number of carbonyl (C=O) groups is 1. The second-order valence-corrected chi connectivity index (χ2v) is 6.02. The molecular formula is C15H22N2O2. The molecule has 104 valence electrons. The van der Waals surface area contributed by atoms with Crippen LogP contribution in [0.4, 0.5) is 10.5 Å². The summed E-state index contributed by atoms with van der Waals surface area (Å²) in [5, 5.41) is 0. The van der Waals surface area contributed by atoms with Crippen molar-refractivity contribution in [1.29, 1.82) is 0 Å². The van der Waals surface area contributed by atoms with E-state index >= 15 is 0 Å². The van der Waals surface area contributed by atoms with E-state index < -0.39 is 5.60 Å². The second kappa shape index (κ2) is 4.76. The zero-order valence-corrected chi connectivity index (χ0v) is 12.1. The highest BCUT2D eigenvalue weighted by Crippen LogP contribution is 2.34. The zero-order chi connectivity index (χ0) is 14.2. The van der Waals surface area contributed by atoms with E-state index in [2.05, 4.69) is 6.07 Å². The Morgan fingerprint density at radius 3 is 2.74 bits per heavy atom. The first-order valence-corrected chi connectivity index (χ1v) is 6.66. The molecule has 0 radical (unpaired) electrons. The molecule has 0 bridgehead atoms. The highest BCUT2D eigenvalue weighted by atomic mass is 16.6. The van der Waals surface area contributed by atoms with Gasteiger partial charge in [0.15, 0.2) is 0 Å². The van der Waals surface area contributed by atoms with Crippen LogP contribution < -0.4 is 5.73 Å². The minimum absolute atomic E-state index is 0.0419. The molecule has 1 heterocycles. The number of hydrogen-bond donors (Lipinski definition) is 1. The average molecular weight is 262 g/mol. The van der Waals surface area contributed by atoms with Crippen LogP contribution in [0, 0.1) is 0 Å². The Kier molecular flexibility index (Phi) is 3.43. The van der Waals surface area contributed by atoms with E-state index in [4.69, 9.17) is 10.5 Å². The van der Waals surface area contributed by atoms with E-state index in [-0.39, 0.29) is 12.1 Å². The van der Waals surface area contributed by atoms with Gasteiger partial charge in [0, 0.05) is 17.8 Å². The lowest BCUT2D eigenvalue weighted by Gasteiger charge is -2.36. The number of anilines is 1. The summed E-state index contributed by atoms with van der Waals surface area (Å²) in [6.07, 6.45) is 0.554. The van der Waals surface area contributed by atoms with Crippen LogP contribution in [0.1, 0.15) is 44.9 Å². The molecule has 1 aromatic rings. The number of nitrogen functional groups attached to an aromatic ring is 1. The zero-order valence-electron chi connectivity index (χ0n) is 12.1. The summed E-state index contributed by atoms with van der Waals surface area (Å²) in [5.41, 5.74) is 8.60. The third kappa shape index (κ3) is 2.83. The molecule has 19 heavy (non-hydrogen) atoms. The molecule has 0 aromatic heterocycles. The number of nitrogens with zero attached hydrogens (tertiary/aromatic N) is 1. The van der Waals surface area contributed by atoms with Gasteiger partial charge in [-0.1, -0.05) is 12.1 Å². The normalized spacial score (nSPS) is 18.9. The largest absolute Gasteiger partial charge is 0.444 e. The molecule has 1 unspecified atom stereocenters. The van der Waals surface area contributed by atoms with Crippen molar-refractivity contribution in [3.05, 3.63) is 29.3 Å². The maximum Gasteiger partial charge on any atom is 0.410 e. The number of nitrogens with two attached hydrogens (primary N) is 1. The lowest BCUT2D eigenvalue weighted by atomic mass is 9.92. The molecule has 4 nitrogen and oxygen atoms in total. The molecule has 2 rings (SSSR count). The minimum Gasteiger partial charge on any atom is -0.444 e. The highest BCUT2D eigenvalue weighted by molar-refractivity contribution is 5.70. The van der Waals surface area contributed by atoms with Gasteiger partial charge in [0.2, 0.25) is 0 Å². The van der Waals surface area contributed by atoms with Gasteiger partial charge in [-0.25, -0.2) is 4.79 Å². The third-order valence-electron chi connectivity index (χ3n) is 3.37. The Morgan fingerprint density at radius 2 is 2.11 bits per heavy atom. The van der Waals surface area contributed by atoms with E-state index in [1.54, 1.807) is 4.90 Å². The topological polar surface area (TPSA) is 55.6 Å². The van der Waals surface area contributed by atoms with Crippen LogP contribution in [0.2, 0.25) is 0 Å². The van der Waals surface area contributed by atoms with Crippen LogP contribution >= 0.6 is 0 Å². The van der Waals surface area contributed by atoms with Crippen molar-refractivity contribution in [1.82, 2.24) is 4.90 Å². The van der Waals surface area contributed by atoms with Crippen molar-refractivity contribution in [2.75, 3.05) is 12.3 Å². The fourth-order valence-corrected chi connectivity index (χ4v) is 2.52. The molecule has 4 heteroatoms. The molecule has 0 saturated carbocycles. The molecule has 1 aliphatic rings. The number of carbonyl (C=O) groups excluding carboxylic acids is 1. The summed E-state index contributed by atoms with van der Waals surface area (Å²) in [4.78, 5) is 14.0. The van der Waals surface area contributed by atoms with Crippen molar-refractivity contribution in [2.45, 2.75) is 45.8 Å². The highest BCUT2D eigenvalue weighted by Gasteiger charge is 2.31. The van der Waals surface area contributed by atoms with Crippen LogP contribution in [0.5, 0.6) is 0 Å². The lowest BCUT2D eigenvalue weighted by Crippen LogP contribution is -2.42. The van der Waals surface area contributed by atoms with Gasteiger partial charge in [0.1, 0.15) is 5.60 Å². The van der Waals surface area contributed by atoms with E-state index in [0.717, 1.165) is 17.7 Å². The summed E-state index contributed by atoms with van der Waals surface area (Å²) in [6, 6.07) is 5.88. The minimum atomic E-state index is -0.473. The maximum absolute atomic E-state index is 12.2. The predicted molar refractivity (Wildman–Crippen MR) is 75.9 cm³/mol. The maximum atomic E-state index is 12.2. The number of ether oxygens (including phenoxy) is 1. The predicted octanol–water partition coefficient (Wildman–Crippen LogP) is 3.12. The van der Waals surface area contributed by atoms with Gasteiger partial charge in [-0.3, -0.25) is 0 Å². The van der Waals surface area contributed by atoms with E-state index in [9.17, 15) is 4.79 Å². The van der Waals surface area contributed by atoms with E-state index in [1.165, 1.54) is 5.56 Å². The van der Waals surface area contributed by atoms with Gasteiger partial charge in [0.25, 0.3) is 0 Å². The Labute approximate surface area is 114 Å². The van der Waals surface area contributed by atoms with Gasteiger partial charge >= 0.3 is 6.09 Å². The van der Waals surface area contributed by atoms with Crippen LogP contribution in [0.3, 0.4) is 0 Å². The number of fused-ring (bicyclic) bond motifs is 1. The van der Waals surface area contributed by atoms with Crippen LogP contribution in [0.15, 0.2) is 18.2 Å². The van der Waals surface area contributed by atoms with Crippen molar-refractivity contribution in [2.24, 2.45) is 0 Å². The van der Waals surface area contributed by atoms with E-state index in [0.29, 0.717) is 6.54 Å². The Bertz CT molecular complexity index is 491. The van der Waals surface area contributed by atoms with Gasteiger partial charge in [-0.2, -0.15) is 0 Å².